The number of hydrogen-bond donors (Lipinski definition) is 1. The molecule has 0 aromatic rings. The highest BCUT2D eigenvalue weighted by atomic mass is 16.5. The molecule has 1 aliphatic heterocycles. The van der Waals surface area contributed by atoms with Crippen molar-refractivity contribution in [1.82, 2.24) is 0 Å². The topological polar surface area (TPSA) is 69.6 Å². The van der Waals surface area contributed by atoms with Gasteiger partial charge in [0, 0.05) is 11.9 Å². The van der Waals surface area contributed by atoms with Crippen molar-refractivity contribution >= 4 is 5.97 Å². The fraction of sp³-hybridized carbons (Fsp3) is 0.923. The Morgan fingerprint density at radius 1 is 1.41 bits per heavy atom. The molecule has 0 radical (unpaired) electrons. The Labute approximate surface area is 103 Å². The van der Waals surface area contributed by atoms with Gasteiger partial charge in [0.1, 0.15) is 0 Å². The maximum Gasteiger partial charge on any atom is 0.0922 e. The zero-order valence-corrected chi connectivity index (χ0v) is 11.3. The molecule has 4 heteroatoms. The molecule has 0 saturated carbocycles. The van der Waals surface area contributed by atoms with Crippen LogP contribution in [-0.2, 0) is 9.53 Å². The van der Waals surface area contributed by atoms with E-state index in [0.29, 0.717) is 12.8 Å². The monoisotopic (exact) mass is 243 g/mol. The number of ether oxygens (including phenoxy) is 1. The molecule has 1 fully saturated rings. The molecule has 1 saturated heterocycles. The lowest BCUT2D eigenvalue weighted by atomic mass is 9.75. The maximum atomic E-state index is 11.0. The molecule has 17 heavy (non-hydrogen) atoms. The zero-order chi connectivity index (χ0) is 13.4. The lowest BCUT2D eigenvalue weighted by Crippen LogP contribution is -2.59. The van der Waals surface area contributed by atoms with E-state index in [2.05, 4.69) is 0 Å². The van der Waals surface area contributed by atoms with Gasteiger partial charge >= 0.3 is 0 Å². The van der Waals surface area contributed by atoms with Crippen molar-refractivity contribution in [3.63, 3.8) is 0 Å². The lowest BCUT2D eigenvalue weighted by Gasteiger charge is -2.51. The first kappa shape index (κ1) is 14.5. The fourth-order valence-corrected chi connectivity index (χ4v) is 2.82. The van der Waals surface area contributed by atoms with Gasteiger partial charge in [-0.3, -0.25) is 0 Å². The molecule has 1 N–H and O–H groups in total. The summed E-state index contributed by atoms with van der Waals surface area (Å²) in [6, 6.07) is 0. The average molecular weight is 243 g/mol. The SMILES string of the molecule is CC(C)[C@@H](O)[C@]1(C)CC[C@H](C(=O)[O-])C(C)(C)O1. The third-order valence-corrected chi connectivity index (χ3v) is 3.81. The number of aliphatic hydroxyl groups is 1. The first-order valence-electron chi connectivity index (χ1n) is 6.19. The summed E-state index contributed by atoms with van der Waals surface area (Å²) in [5.74, 6) is -1.61. The Morgan fingerprint density at radius 2 is 1.94 bits per heavy atom. The Hall–Kier alpha value is -0.610. The smallest absolute Gasteiger partial charge is 0.0922 e. The second-order valence-corrected chi connectivity index (χ2v) is 6.12. The number of carbonyl (C=O) groups is 1. The van der Waals surface area contributed by atoms with E-state index in [4.69, 9.17) is 4.74 Å². The fourth-order valence-electron chi connectivity index (χ4n) is 2.82. The first-order valence-corrected chi connectivity index (χ1v) is 6.19. The molecular weight excluding hydrogens is 220 g/mol. The van der Waals surface area contributed by atoms with Crippen molar-refractivity contribution < 1.29 is 19.7 Å². The van der Waals surface area contributed by atoms with Crippen molar-refractivity contribution in [2.45, 2.75) is 64.8 Å². The van der Waals surface area contributed by atoms with Crippen LogP contribution >= 0.6 is 0 Å². The zero-order valence-electron chi connectivity index (χ0n) is 11.3. The van der Waals surface area contributed by atoms with E-state index in [9.17, 15) is 15.0 Å². The Balaban J connectivity index is 2.88. The summed E-state index contributed by atoms with van der Waals surface area (Å²) < 4.78 is 5.89. The van der Waals surface area contributed by atoms with E-state index in [1.54, 1.807) is 13.8 Å². The van der Waals surface area contributed by atoms with Crippen LogP contribution in [0, 0.1) is 11.8 Å². The summed E-state index contributed by atoms with van der Waals surface area (Å²) in [6.45, 7) is 9.20. The summed E-state index contributed by atoms with van der Waals surface area (Å²) in [4.78, 5) is 11.0. The molecule has 0 spiro atoms. The molecular formula is C13H23O4-. The van der Waals surface area contributed by atoms with Gasteiger partial charge in [-0.05, 0) is 39.5 Å². The molecule has 3 atom stereocenters. The van der Waals surface area contributed by atoms with E-state index in [1.807, 2.05) is 20.8 Å². The number of aliphatic hydroxyl groups excluding tert-OH is 1. The van der Waals surface area contributed by atoms with Gasteiger partial charge in [-0.25, -0.2) is 0 Å². The van der Waals surface area contributed by atoms with Crippen molar-refractivity contribution in [2.24, 2.45) is 11.8 Å². The molecule has 0 aromatic carbocycles. The normalized spacial score (nSPS) is 34.6. The van der Waals surface area contributed by atoms with Gasteiger partial charge in [-0.1, -0.05) is 13.8 Å². The second kappa shape index (κ2) is 4.58. The Kier molecular flexibility index (Phi) is 3.89. The molecule has 0 bridgehead atoms. The standard InChI is InChI=1S/C13H24O4/c1-8(2)10(14)13(5)7-6-9(11(15)16)12(3,4)17-13/h8-10,14H,6-7H2,1-5H3,(H,15,16)/p-1/t9-,10-,13+/m1/s1. The number of hydrogen-bond acceptors (Lipinski definition) is 4. The van der Waals surface area contributed by atoms with E-state index < -0.39 is 29.2 Å². The molecule has 0 amide bonds. The summed E-state index contributed by atoms with van der Waals surface area (Å²) >= 11 is 0. The van der Waals surface area contributed by atoms with Gasteiger partial charge in [0.2, 0.25) is 0 Å². The number of carboxylic acid groups (broad SMARTS) is 1. The largest absolute Gasteiger partial charge is 0.550 e. The van der Waals surface area contributed by atoms with Crippen LogP contribution < -0.4 is 5.11 Å². The minimum atomic E-state index is -1.07. The van der Waals surface area contributed by atoms with Crippen molar-refractivity contribution in [3.05, 3.63) is 0 Å². The third kappa shape index (κ3) is 2.80. The Morgan fingerprint density at radius 3 is 2.29 bits per heavy atom. The summed E-state index contributed by atoms with van der Waals surface area (Å²) in [7, 11) is 0. The van der Waals surface area contributed by atoms with Gasteiger partial charge < -0.3 is 19.7 Å². The third-order valence-electron chi connectivity index (χ3n) is 3.81. The molecule has 0 aromatic heterocycles. The molecule has 0 aliphatic carbocycles. The first-order chi connectivity index (χ1) is 7.60. The van der Waals surface area contributed by atoms with Crippen LogP contribution in [0.2, 0.25) is 0 Å². The minimum absolute atomic E-state index is 0.0790. The van der Waals surface area contributed by atoms with Crippen molar-refractivity contribution in [2.75, 3.05) is 0 Å². The quantitative estimate of drug-likeness (QED) is 0.793. The average Bonchev–Trinajstić information content (AvgIpc) is 2.13. The lowest BCUT2D eigenvalue weighted by molar-refractivity contribution is -0.327. The van der Waals surface area contributed by atoms with Crippen LogP contribution in [0.15, 0.2) is 0 Å². The Bertz CT molecular complexity index is 298. The summed E-state index contributed by atoms with van der Waals surface area (Å²) in [5.41, 5.74) is -1.48. The van der Waals surface area contributed by atoms with Crippen molar-refractivity contribution in [3.8, 4) is 0 Å². The number of aliphatic carboxylic acids is 1. The van der Waals surface area contributed by atoms with Gasteiger partial charge in [0.15, 0.2) is 0 Å². The molecule has 1 aliphatic rings. The number of carboxylic acids is 1. The van der Waals surface area contributed by atoms with Crippen LogP contribution in [0.5, 0.6) is 0 Å². The van der Waals surface area contributed by atoms with Crippen LogP contribution in [0.3, 0.4) is 0 Å². The molecule has 0 unspecified atom stereocenters. The van der Waals surface area contributed by atoms with E-state index in [-0.39, 0.29) is 5.92 Å². The van der Waals surface area contributed by atoms with Crippen LogP contribution in [0.4, 0.5) is 0 Å². The highest BCUT2D eigenvalue weighted by Gasteiger charge is 2.48. The van der Waals surface area contributed by atoms with Crippen LogP contribution in [0.25, 0.3) is 0 Å². The van der Waals surface area contributed by atoms with E-state index in [0.717, 1.165) is 0 Å². The number of rotatable bonds is 3. The van der Waals surface area contributed by atoms with Gasteiger partial charge in [0.05, 0.1) is 17.3 Å². The summed E-state index contributed by atoms with van der Waals surface area (Å²) in [5, 5.41) is 21.2. The van der Waals surface area contributed by atoms with Crippen LogP contribution in [0.1, 0.15) is 47.5 Å². The van der Waals surface area contributed by atoms with Gasteiger partial charge in [0.25, 0.3) is 0 Å². The molecule has 100 valence electrons. The van der Waals surface area contributed by atoms with Gasteiger partial charge in [-0.2, -0.15) is 0 Å². The summed E-state index contributed by atoms with van der Waals surface area (Å²) in [6.07, 6.45) is 0.425. The van der Waals surface area contributed by atoms with Crippen LogP contribution in [-0.4, -0.2) is 28.4 Å². The second-order valence-electron chi connectivity index (χ2n) is 6.12. The minimum Gasteiger partial charge on any atom is -0.550 e. The van der Waals surface area contributed by atoms with E-state index >= 15 is 0 Å². The van der Waals surface area contributed by atoms with Crippen molar-refractivity contribution in [1.29, 1.82) is 0 Å². The predicted molar refractivity (Wildman–Crippen MR) is 62.1 cm³/mol. The van der Waals surface area contributed by atoms with Gasteiger partial charge in [-0.15, -0.1) is 0 Å². The number of carbonyl (C=O) groups excluding carboxylic acids is 1. The molecule has 4 nitrogen and oxygen atoms in total. The predicted octanol–water partition coefficient (Wildman–Crippen LogP) is 0.717. The highest BCUT2D eigenvalue weighted by Crippen LogP contribution is 2.42. The highest BCUT2D eigenvalue weighted by molar-refractivity contribution is 5.69. The maximum absolute atomic E-state index is 11.0. The molecule has 1 rings (SSSR count). The molecule has 1 heterocycles. The van der Waals surface area contributed by atoms with E-state index in [1.165, 1.54) is 0 Å².